The number of nitrogens with two attached hydrogens (primary N) is 1. The topological polar surface area (TPSA) is 38.0 Å². The highest BCUT2D eigenvalue weighted by molar-refractivity contribution is 6.38. The lowest BCUT2D eigenvalue weighted by atomic mass is 9.83. The second kappa shape index (κ2) is 5.94. The first-order valence-corrected chi connectivity index (χ1v) is 6.86. The molecule has 2 nitrogen and oxygen atoms in total. The number of nitrogen functional groups attached to an aromatic ring is 1. The Hall–Kier alpha value is -0.440. The Balaban J connectivity index is 1.78. The van der Waals surface area contributed by atoms with Crippen LogP contribution in [0.4, 0.5) is 5.69 Å². The van der Waals surface area contributed by atoms with Crippen LogP contribution in [0.15, 0.2) is 12.1 Å². The molecule has 1 saturated carbocycles. The fourth-order valence-electron chi connectivity index (χ4n) is 2.06. The van der Waals surface area contributed by atoms with E-state index in [9.17, 15) is 0 Å². The van der Waals surface area contributed by atoms with Crippen LogP contribution in [0.2, 0.25) is 10.0 Å². The van der Waals surface area contributed by atoms with Gasteiger partial charge in [0, 0.05) is 6.54 Å². The van der Waals surface area contributed by atoms with Gasteiger partial charge in [0.1, 0.15) is 0 Å². The number of halogens is 2. The molecule has 0 saturated heterocycles. The van der Waals surface area contributed by atoms with Gasteiger partial charge >= 0.3 is 0 Å². The first-order valence-electron chi connectivity index (χ1n) is 6.11. The van der Waals surface area contributed by atoms with E-state index in [0.29, 0.717) is 15.7 Å². The molecule has 1 aliphatic rings. The van der Waals surface area contributed by atoms with Gasteiger partial charge in [0.05, 0.1) is 15.7 Å². The van der Waals surface area contributed by atoms with Gasteiger partial charge in [-0.05, 0) is 36.6 Å². The quantitative estimate of drug-likeness (QED) is 0.631. The molecule has 2 rings (SSSR count). The zero-order valence-electron chi connectivity index (χ0n) is 9.81. The summed E-state index contributed by atoms with van der Waals surface area (Å²) in [5.74, 6) is 0.945. The van der Waals surface area contributed by atoms with Crippen LogP contribution in [0.3, 0.4) is 0 Å². The standard InChI is InChI=1S/C13H18Cl2N2/c14-11-6-10(7-12(15)13(11)16)8-17-5-4-9-2-1-3-9/h6-7,9,17H,1-5,8,16H2. The smallest absolute Gasteiger partial charge is 0.0693 e. The van der Waals surface area contributed by atoms with E-state index >= 15 is 0 Å². The Bertz CT molecular complexity index is 366. The molecule has 1 fully saturated rings. The largest absolute Gasteiger partial charge is 0.396 e. The Kier molecular flexibility index (Phi) is 4.55. The summed E-state index contributed by atoms with van der Waals surface area (Å²) in [6.45, 7) is 1.86. The molecule has 0 amide bonds. The Morgan fingerprint density at radius 1 is 1.24 bits per heavy atom. The summed E-state index contributed by atoms with van der Waals surface area (Å²) in [5.41, 5.74) is 7.24. The number of anilines is 1. The van der Waals surface area contributed by atoms with Gasteiger partial charge in [-0.25, -0.2) is 0 Å². The van der Waals surface area contributed by atoms with Crippen molar-refractivity contribution in [2.75, 3.05) is 12.3 Å². The highest BCUT2D eigenvalue weighted by Gasteiger charge is 2.16. The fourth-order valence-corrected chi connectivity index (χ4v) is 2.59. The first-order chi connectivity index (χ1) is 8.16. The lowest BCUT2D eigenvalue weighted by Crippen LogP contribution is -2.21. The monoisotopic (exact) mass is 272 g/mol. The first kappa shape index (κ1) is 13.0. The number of rotatable bonds is 5. The second-order valence-electron chi connectivity index (χ2n) is 4.74. The van der Waals surface area contributed by atoms with Crippen molar-refractivity contribution in [2.24, 2.45) is 5.92 Å². The SMILES string of the molecule is Nc1c(Cl)cc(CNCCC2CCC2)cc1Cl. The van der Waals surface area contributed by atoms with E-state index in [0.717, 1.165) is 24.6 Å². The predicted octanol–water partition coefficient (Wildman–Crippen LogP) is 3.86. The van der Waals surface area contributed by atoms with Crippen molar-refractivity contribution >= 4 is 28.9 Å². The van der Waals surface area contributed by atoms with E-state index in [1.165, 1.54) is 25.7 Å². The minimum atomic E-state index is 0.464. The summed E-state index contributed by atoms with van der Waals surface area (Å²) in [4.78, 5) is 0. The number of benzene rings is 1. The third-order valence-electron chi connectivity index (χ3n) is 3.42. The number of hydrogen-bond donors (Lipinski definition) is 2. The lowest BCUT2D eigenvalue weighted by molar-refractivity contribution is 0.292. The summed E-state index contributed by atoms with van der Waals surface area (Å²) >= 11 is 12.0. The fraction of sp³-hybridized carbons (Fsp3) is 0.538. The zero-order valence-corrected chi connectivity index (χ0v) is 11.3. The van der Waals surface area contributed by atoms with Crippen LogP contribution in [0, 0.1) is 5.92 Å². The Morgan fingerprint density at radius 3 is 2.41 bits per heavy atom. The van der Waals surface area contributed by atoms with Gasteiger partial charge in [-0.1, -0.05) is 42.5 Å². The summed E-state index contributed by atoms with van der Waals surface area (Å²) in [6.07, 6.45) is 5.49. The van der Waals surface area contributed by atoms with E-state index < -0.39 is 0 Å². The summed E-state index contributed by atoms with van der Waals surface area (Å²) in [5, 5.41) is 4.49. The number of hydrogen-bond acceptors (Lipinski definition) is 2. The number of nitrogens with one attached hydrogen (secondary N) is 1. The molecule has 0 radical (unpaired) electrons. The van der Waals surface area contributed by atoms with Crippen molar-refractivity contribution in [3.8, 4) is 0 Å². The van der Waals surface area contributed by atoms with E-state index in [1.807, 2.05) is 12.1 Å². The molecule has 0 bridgehead atoms. The molecule has 3 N–H and O–H groups in total. The molecule has 0 aliphatic heterocycles. The van der Waals surface area contributed by atoms with Crippen molar-refractivity contribution in [2.45, 2.75) is 32.2 Å². The molecule has 0 heterocycles. The average Bonchev–Trinajstić information content (AvgIpc) is 2.23. The van der Waals surface area contributed by atoms with Gasteiger partial charge in [0.15, 0.2) is 0 Å². The second-order valence-corrected chi connectivity index (χ2v) is 5.55. The van der Waals surface area contributed by atoms with Crippen LogP contribution in [0.1, 0.15) is 31.2 Å². The van der Waals surface area contributed by atoms with Crippen LogP contribution in [0.25, 0.3) is 0 Å². The van der Waals surface area contributed by atoms with E-state index in [1.54, 1.807) is 0 Å². The Labute approximate surface area is 112 Å². The van der Waals surface area contributed by atoms with Crippen molar-refractivity contribution in [3.05, 3.63) is 27.7 Å². The predicted molar refractivity (Wildman–Crippen MR) is 74.5 cm³/mol. The lowest BCUT2D eigenvalue weighted by Gasteiger charge is -2.25. The van der Waals surface area contributed by atoms with Gasteiger partial charge in [-0.3, -0.25) is 0 Å². The minimum Gasteiger partial charge on any atom is -0.396 e. The van der Waals surface area contributed by atoms with Crippen LogP contribution >= 0.6 is 23.2 Å². The highest BCUT2D eigenvalue weighted by atomic mass is 35.5. The molecule has 0 spiro atoms. The molecule has 4 heteroatoms. The molecular weight excluding hydrogens is 255 g/mol. The molecule has 1 aliphatic carbocycles. The van der Waals surface area contributed by atoms with Gasteiger partial charge in [0.2, 0.25) is 0 Å². The van der Waals surface area contributed by atoms with Gasteiger partial charge in [-0.15, -0.1) is 0 Å². The highest BCUT2D eigenvalue weighted by Crippen LogP contribution is 2.29. The normalized spacial score (nSPS) is 15.9. The molecule has 1 aromatic rings. The maximum atomic E-state index is 5.98. The minimum absolute atomic E-state index is 0.464. The third-order valence-corrected chi connectivity index (χ3v) is 4.05. The average molecular weight is 273 g/mol. The summed E-state index contributed by atoms with van der Waals surface area (Å²) < 4.78 is 0. The Morgan fingerprint density at radius 2 is 1.88 bits per heavy atom. The maximum absolute atomic E-state index is 5.98. The zero-order chi connectivity index (χ0) is 12.3. The van der Waals surface area contributed by atoms with Gasteiger partial charge in [0.25, 0.3) is 0 Å². The van der Waals surface area contributed by atoms with Crippen LogP contribution in [0.5, 0.6) is 0 Å². The molecule has 17 heavy (non-hydrogen) atoms. The molecular formula is C13H18Cl2N2. The van der Waals surface area contributed by atoms with Crippen molar-refractivity contribution in [3.63, 3.8) is 0 Å². The third kappa shape index (κ3) is 3.51. The van der Waals surface area contributed by atoms with E-state index in [4.69, 9.17) is 28.9 Å². The van der Waals surface area contributed by atoms with Gasteiger partial charge in [-0.2, -0.15) is 0 Å². The summed E-state index contributed by atoms with van der Waals surface area (Å²) in [7, 11) is 0. The van der Waals surface area contributed by atoms with Crippen molar-refractivity contribution < 1.29 is 0 Å². The van der Waals surface area contributed by atoms with E-state index in [2.05, 4.69) is 5.32 Å². The van der Waals surface area contributed by atoms with Crippen LogP contribution in [-0.4, -0.2) is 6.54 Å². The maximum Gasteiger partial charge on any atom is 0.0693 e. The van der Waals surface area contributed by atoms with Crippen LogP contribution < -0.4 is 11.1 Å². The van der Waals surface area contributed by atoms with Crippen molar-refractivity contribution in [1.29, 1.82) is 0 Å². The summed E-state index contributed by atoms with van der Waals surface area (Å²) in [6, 6.07) is 3.75. The molecule has 0 atom stereocenters. The van der Waals surface area contributed by atoms with Gasteiger partial charge < -0.3 is 11.1 Å². The van der Waals surface area contributed by atoms with Crippen LogP contribution in [-0.2, 0) is 6.54 Å². The molecule has 1 aromatic carbocycles. The van der Waals surface area contributed by atoms with Crippen molar-refractivity contribution in [1.82, 2.24) is 5.32 Å². The molecule has 0 unspecified atom stereocenters. The molecule has 94 valence electrons. The van der Waals surface area contributed by atoms with E-state index in [-0.39, 0.29) is 0 Å². The molecule has 0 aromatic heterocycles.